The normalized spacial score (nSPS) is 13.9. The Balaban J connectivity index is 1.69. The first-order valence-electron chi connectivity index (χ1n) is 12.0. The zero-order valence-corrected chi connectivity index (χ0v) is 20.5. The van der Waals surface area contributed by atoms with Crippen LogP contribution in [0.15, 0.2) is 66.7 Å². The first kappa shape index (κ1) is 25.1. The van der Waals surface area contributed by atoms with Crippen molar-refractivity contribution in [2.24, 2.45) is 0 Å². The molecule has 1 amide bonds. The van der Waals surface area contributed by atoms with Crippen LogP contribution in [0.3, 0.4) is 0 Å². The number of carbonyl (C=O) groups excluding carboxylic acids is 1. The fourth-order valence-electron chi connectivity index (χ4n) is 4.37. The van der Waals surface area contributed by atoms with Crippen molar-refractivity contribution in [1.82, 2.24) is 4.90 Å². The van der Waals surface area contributed by atoms with E-state index in [-0.39, 0.29) is 12.3 Å². The molecule has 0 aromatic heterocycles. The van der Waals surface area contributed by atoms with Crippen LogP contribution in [0.25, 0.3) is 11.3 Å². The largest absolute Gasteiger partial charge is 0.481 e. The Hall–Kier alpha value is -3.97. The molecule has 1 aliphatic rings. The number of anilines is 2. The highest BCUT2D eigenvalue weighted by Crippen LogP contribution is 2.38. The summed E-state index contributed by atoms with van der Waals surface area (Å²) in [6, 6.07) is 19.8. The molecule has 3 aromatic carbocycles. The summed E-state index contributed by atoms with van der Waals surface area (Å²) in [6.07, 6.45) is 1.56. The van der Waals surface area contributed by atoms with Gasteiger partial charge < -0.3 is 20.6 Å². The average Bonchev–Trinajstić information content (AvgIpc) is 3.17. The Morgan fingerprint density at radius 1 is 1.03 bits per heavy atom. The molecular weight excluding hydrogens is 457 g/mol. The van der Waals surface area contributed by atoms with Crippen LogP contribution in [0.2, 0.25) is 0 Å². The van der Waals surface area contributed by atoms with Crippen molar-refractivity contribution >= 4 is 34.5 Å². The molecule has 0 unspecified atom stereocenters. The van der Waals surface area contributed by atoms with E-state index in [0.29, 0.717) is 28.9 Å². The minimum absolute atomic E-state index is 0.0483. The maximum Gasteiger partial charge on any atom is 0.303 e. The van der Waals surface area contributed by atoms with Gasteiger partial charge in [-0.05, 0) is 73.5 Å². The van der Waals surface area contributed by atoms with Crippen molar-refractivity contribution in [2.75, 3.05) is 24.2 Å². The number of nitrogens with one attached hydrogen (secondary N) is 2. The molecule has 186 valence electrons. The Morgan fingerprint density at radius 2 is 1.72 bits per heavy atom. The number of rotatable bonds is 10. The summed E-state index contributed by atoms with van der Waals surface area (Å²) in [4.78, 5) is 26.2. The number of carbonyl (C=O) groups is 2. The first-order valence-corrected chi connectivity index (χ1v) is 12.0. The second kappa shape index (κ2) is 11.2. The van der Waals surface area contributed by atoms with Crippen LogP contribution in [0.1, 0.15) is 42.0 Å². The summed E-state index contributed by atoms with van der Waals surface area (Å²) in [5, 5.41) is 15.1. The number of nitrogens with zero attached hydrogens (tertiary/aromatic N) is 1. The third-order valence-corrected chi connectivity index (χ3v) is 6.13. The molecular formula is C29H30FN3O3. The maximum absolute atomic E-state index is 13.8. The standard InChI is InChI=1S/C29H30FN3O3/c1-3-16-33(2)18-20-6-12-23(13-7-20)31-28(21-9-4-19(5-10-21)8-15-26(34)35)27-24-14-11-22(30)17-25(24)32-29(27)36/h4-7,9-14,17,31H,3,8,15-16,18H2,1-2H3,(H,32,36)(H,34,35)/b28-27-. The van der Waals surface area contributed by atoms with Gasteiger partial charge in [0, 0.05) is 24.2 Å². The molecule has 0 radical (unpaired) electrons. The Kier molecular flexibility index (Phi) is 7.80. The van der Waals surface area contributed by atoms with Crippen LogP contribution in [-0.2, 0) is 22.6 Å². The molecule has 7 heteroatoms. The monoisotopic (exact) mass is 487 g/mol. The predicted molar refractivity (Wildman–Crippen MR) is 141 cm³/mol. The second-order valence-electron chi connectivity index (χ2n) is 9.04. The zero-order valence-electron chi connectivity index (χ0n) is 20.5. The van der Waals surface area contributed by atoms with Gasteiger partial charge in [0.2, 0.25) is 0 Å². The van der Waals surface area contributed by atoms with Gasteiger partial charge in [0.25, 0.3) is 5.91 Å². The van der Waals surface area contributed by atoms with Gasteiger partial charge in [-0.15, -0.1) is 0 Å². The molecule has 4 rings (SSSR count). The molecule has 1 aliphatic heterocycles. The van der Waals surface area contributed by atoms with Crippen LogP contribution in [-0.4, -0.2) is 35.5 Å². The lowest BCUT2D eigenvalue weighted by atomic mass is 9.98. The first-order chi connectivity index (χ1) is 17.3. The minimum atomic E-state index is -0.848. The van der Waals surface area contributed by atoms with Crippen LogP contribution in [0.5, 0.6) is 0 Å². The number of halogens is 1. The number of amides is 1. The summed E-state index contributed by atoms with van der Waals surface area (Å²) >= 11 is 0. The molecule has 0 saturated carbocycles. The smallest absolute Gasteiger partial charge is 0.303 e. The summed E-state index contributed by atoms with van der Waals surface area (Å²) < 4.78 is 13.8. The molecule has 36 heavy (non-hydrogen) atoms. The topological polar surface area (TPSA) is 81.7 Å². The quantitative estimate of drug-likeness (QED) is 0.324. The number of benzene rings is 3. The number of fused-ring (bicyclic) bond motifs is 1. The SMILES string of the molecule is CCCN(C)Cc1ccc(N/C(=C2\C(=O)Nc3cc(F)ccc32)c2ccc(CCC(=O)O)cc2)cc1. The van der Waals surface area contributed by atoms with E-state index in [9.17, 15) is 14.0 Å². The third kappa shape index (κ3) is 5.98. The summed E-state index contributed by atoms with van der Waals surface area (Å²) in [5.74, 6) is -1.58. The molecule has 6 nitrogen and oxygen atoms in total. The van der Waals surface area contributed by atoms with Gasteiger partial charge in [0.05, 0.1) is 17.0 Å². The predicted octanol–water partition coefficient (Wildman–Crippen LogP) is 5.62. The number of aryl methyl sites for hydroxylation is 1. The summed E-state index contributed by atoms with van der Waals surface area (Å²) in [6.45, 7) is 4.03. The minimum Gasteiger partial charge on any atom is -0.481 e. The van der Waals surface area contributed by atoms with Gasteiger partial charge in [-0.1, -0.05) is 43.3 Å². The number of carboxylic acids is 1. The average molecular weight is 488 g/mol. The van der Waals surface area contributed by atoms with Gasteiger partial charge in [0.15, 0.2) is 0 Å². The van der Waals surface area contributed by atoms with Crippen molar-refractivity contribution < 1.29 is 19.1 Å². The van der Waals surface area contributed by atoms with Gasteiger partial charge in [0.1, 0.15) is 5.82 Å². The van der Waals surface area contributed by atoms with Crippen molar-refractivity contribution in [3.8, 4) is 0 Å². The molecule has 0 bridgehead atoms. The molecule has 0 spiro atoms. The second-order valence-corrected chi connectivity index (χ2v) is 9.04. The van der Waals surface area contributed by atoms with Crippen molar-refractivity contribution in [1.29, 1.82) is 0 Å². The molecule has 0 aliphatic carbocycles. The van der Waals surface area contributed by atoms with Crippen molar-refractivity contribution in [3.63, 3.8) is 0 Å². The van der Waals surface area contributed by atoms with Crippen molar-refractivity contribution in [2.45, 2.75) is 32.7 Å². The van der Waals surface area contributed by atoms with Gasteiger partial charge in [-0.2, -0.15) is 0 Å². The molecule has 3 N–H and O–H groups in total. The summed E-state index contributed by atoms with van der Waals surface area (Å²) in [7, 11) is 2.09. The van der Waals surface area contributed by atoms with E-state index in [1.54, 1.807) is 6.07 Å². The van der Waals surface area contributed by atoms with Gasteiger partial charge in [-0.3, -0.25) is 9.59 Å². The Morgan fingerprint density at radius 3 is 2.39 bits per heavy atom. The maximum atomic E-state index is 13.8. The van der Waals surface area contributed by atoms with E-state index >= 15 is 0 Å². The molecule has 0 saturated heterocycles. The van der Waals surface area contributed by atoms with Crippen LogP contribution < -0.4 is 10.6 Å². The van der Waals surface area contributed by atoms with E-state index in [2.05, 4.69) is 41.6 Å². The van der Waals surface area contributed by atoms with Crippen LogP contribution >= 0.6 is 0 Å². The molecule has 0 fully saturated rings. The zero-order chi connectivity index (χ0) is 25.7. The van der Waals surface area contributed by atoms with Gasteiger partial charge >= 0.3 is 5.97 Å². The Bertz CT molecular complexity index is 1280. The molecule has 3 aromatic rings. The van der Waals surface area contributed by atoms with E-state index in [1.807, 2.05) is 36.4 Å². The highest BCUT2D eigenvalue weighted by atomic mass is 19.1. The van der Waals surface area contributed by atoms with Crippen LogP contribution in [0.4, 0.5) is 15.8 Å². The highest BCUT2D eigenvalue weighted by Gasteiger charge is 2.28. The highest BCUT2D eigenvalue weighted by molar-refractivity contribution is 6.37. The Labute approximate surface area is 210 Å². The van der Waals surface area contributed by atoms with Gasteiger partial charge in [-0.25, -0.2) is 4.39 Å². The number of hydrogen-bond acceptors (Lipinski definition) is 4. The molecule has 1 heterocycles. The van der Waals surface area contributed by atoms with Crippen LogP contribution in [0, 0.1) is 5.82 Å². The van der Waals surface area contributed by atoms with E-state index in [1.165, 1.54) is 17.7 Å². The fourth-order valence-corrected chi connectivity index (χ4v) is 4.37. The van der Waals surface area contributed by atoms with Crippen molar-refractivity contribution in [3.05, 3.63) is 94.8 Å². The fraction of sp³-hybridized carbons (Fsp3) is 0.241. The molecule has 0 atom stereocenters. The number of aliphatic carboxylic acids is 1. The third-order valence-electron chi connectivity index (χ3n) is 6.13. The van der Waals surface area contributed by atoms with E-state index < -0.39 is 11.8 Å². The summed E-state index contributed by atoms with van der Waals surface area (Å²) in [5.41, 5.74) is 5.74. The lowest BCUT2D eigenvalue weighted by Gasteiger charge is -2.17. The lowest BCUT2D eigenvalue weighted by Crippen LogP contribution is -2.18. The number of carboxylic acid groups (broad SMARTS) is 1. The number of hydrogen-bond donors (Lipinski definition) is 3. The van der Waals surface area contributed by atoms with E-state index in [0.717, 1.165) is 36.3 Å². The lowest BCUT2D eigenvalue weighted by molar-refractivity contribution is -0.137. The van der Waals surface area contributed by atoms with E-state index in [4.69, 9.17) is 5.11 Å².